The zero-order chi connectivity index (χ0) is 25.9. The van der Waals surface area contributed by atoms with E-state index in [0.717, 1.165) is 27.2 Å². The van der Waals surface area contributed by atoms with Crippen LogP contribution in [0.2, 0.25) is 0 Å². The molecule has 1 amide bonds. The second kappa shape index (κ2) is 9.98. The lowest BCUT2D eigenvalue weighted by atomic mass is 10.1. The quantitative estimate of drug-likeness (QED) is 0.405. The van der Waals surface area contributed by atoms with E-state index < -0.39 is 35.3 Å². The van der Waals surface area contributed by atoms with Gasteiger partial charge in [0.1, 0.15) is 11.6 Å². The predicted molar refractivity (Wildman–Crippen MR) is 126 cm³/mol. The van der Waals surface area contributed by atoms with Crippen LogP contribution < -0.4 is 21.9 Å². The van der Waals surface area contributed by atoms with Crippen molar-refractivity contribution >= 4 is 17.4 Å². The molecule has 3 N–H and O–H groups in total. The highest BCUT2D eigenvalue weighted by Crippen LogP contribution is 2.30. The minimum Gasteiger partial charge on any atom is -0.467 e. The van der Waals surface area contributed by atoms with Crippen LogP contribution in [0.1, 0.15) is 22.5 Å². The normalized spacial score (nSPS) is 11.4. The maximum absolute atomic E-state index is 13.4. The Kier molecular flexibility index (Phi) is 6.82. The number of aromatic amines is 1. The molecule has 2 heterocycles. The van der Waals surface area contributed by atoms with Gasteiger partial charge in [0.2, 0.25) is 5.91 Å². The molecule has 0 saturated carbocycles. The number of rotatable bonds is 7. The molecule has 0 atom stereocenters. The fourth-order valence-electron chi connectivity index (χ4n) is 3.74. The van der Waals surface area contributed by atoms with Crippen molar-refractivity contribution in [3.8, 4) is 0 Å². The molecule has 0 aliphatic rings. The molecule has 36 heavy (non-hydrogen) atoms. The molecular weight excluding hydrogens is 477 g/mol. The summed E-state index contributed by atoms with van der Waals surface area (Å²) in [6, 6.07) is 16.3. The average Bonchev–Trinajstić information content (AvgIpc) is 3.34. The molecule has 186 valence electrons. The number of benzene rings is 2. The number of nitrogens with one attached hydrogen (secondary N) is 1. The van der Waals surface area contributed by atoms with Crippen molar-refractivity contribution in [1.29, 1.82) is 0 Å². The number of carbonyl (C=O) groups is 1. The third-order valence-electron chi connectivity index (χ3n) is 5.47. The van der Waals surface area contributed by atoms with E-state index in [0.29, 0.717) is 5.76 Å². The highest BCUT2D eigenvalue weighted by atomic mass is 19.4. The van der Waals surface area contributed by atoms with Crippen molar-refractivity contribution in [2.45, 2.75) is 25.7 Å². The summed E-state index contributed by atoms with van der Waals surface area (Å²) < 4.78 is 45.9. The van der Waals surface area contributed by atoms with Gasteiger partial charge in [0.05, 0.1) is 31.3 Å². The molecule has 4 rings (SSSR count). The molecule has 0 aliphatic heterocycles. The van der Waals surface area contributed by atoms with Gasteiger partial charge in [0.15, 0.2) is 5.69 Å². The van der Waals surface area contributed by atoms with Crippen molar-refractivity contribution in [1.82, 2.24) is 9.55 Å². The Labute approximate surface area is 202 Å². The lowest BCUT2D eigenvalue weighted by Gasteiger charge is -2.24. The number of halogens is 3. The first-order valence-corrected chi connectivity index (χ1v) is 10.8. The molecular formula is C25H21F3N4O4. The number of anilines is 2. The Hall–Kier alpha value is -4.54. The number of H-pyrrole nitrogens is 1. The third-order valence-corrected chi connectivity index (χ3v) is 5.47. The van der Waals surface area contributed by atoms with Gasteiger partial charge >= 0.3 is 11.9 Å². The van der Waals surface area contributed by atoms with E-state index in [1.54, 1.807) is 42.5 Å². The zero-order valence-electron chi connectivity index (χ0n) is 18.8. The van der Waals surface area contributed by atoms with Gasteiger partial charge in [-0.15, -0.1) is 0 Å². The standard InChI is InChI=1S/C25H21F3N4O4/c26-25(27,28)18-9-4-8-17(12-18)13-20(33)31(15-19-10-5-11-36-19)21-22(29)32(24(35)30-23(21)34)14-16-6-2-1-3-7-16/h1-12H,13-15,29H2,(H,30,34,35). The third kappa shape index (κ3) is 5.40. The lowest BCUT2D eigenvalue weighted by Crippen LogP contribution is -2.41. The summed E-state index contributed by atoms with van der Waals surface area (Å²) in [6.07, 6.45) is -3.67. The van der Waals surface area contributed by atoms with Crippen LogP contribution in [-0.2, 0) is 30.5 Å². The smallest absolute Gasteiger partial charge is 0.416 e. The van der Waals surface area contributed by atoms with Gasteiger partial charge in [0, 0.05) is 0 Å². The van der Waals surface area contributed by atoms with Gasteiger partial charge in [-0.05, 0) is 29.3 Å². The fraction of sp³-hybridized carbons (Fsp3) is 0.160. The highest BCUT2D eigenvalue weighted by molar-refractivity contribution is 5.96. The molecule has 0 unspecified atom stereocenters. The Balaban J connectivity index is 1.75. The van der Waals surface area contributed by atoms with Gasteiger partial charge in [-0.25, -0.2) is 4.79 Å². The largest absolute Gasteiger partial charge is 0.467 e. The van der Waals surface area contributed by atoms with Crippen LogP contribution in [-0.4, -0.2) is 15.5 Å². The van der Waals surface area contributed by atoms with E-state index >= 15 is 0 Å². The van der Waals surface area contributed by atoms with Crippen LogP contribution in [0.3, 0.4) is 0 Å². The van der Waals surface area contributed by atoms with Crippen LogP contribution in [0.25, 0.3) is 0 Å². The van der Waals surface area contributed by atoms with Crippen molar-refractivity contribution < 1.29 is 22.4 Å². The number of nitrogen functional groups attached to an aromatic ring is 1. The van der Waals surface area contributed by atoms with Crippen LogP contribution >= 0.6 is 0 Å². The SMILES string of the molecule is Nc1c(N(Cc2ccco2)C(=O)Cc2cccc(C(F)(F)F)c2)c(=O)[nH]c(=O)n1Cc1ccccc1. The maximum atomic E-state index is 13.4. The Morgan fingerprint density at radius 2 is 1.72 bits per heavy atom. The highest BCUT2D eigenvalue weighted by Gasteiger charge is 2.31. The summed E-state index contributed by atoms with van der Waals surface area (Å²) in [4.78, 5) is 42.0. The number of alkyl halides is 3. The van der Waals surface area contributed by atoms with Crippen molar-refractivity contribution in [2.75, 3.05) is 10.6 Å². The number of aromatic nitrogens is 2. The molecule has 8 nitrogen and oxygen atoms in total. The van der Waals surface area contributed by atoms with Gasteiger partial charge in [-0.1, -0.05) is 48.5 Å². The molecule has 2 aromatic carbocycles. The van der Waals surface area contributed by atoms with Crippen molar-refractivity contribution in [3.63, 3.8) is 0 Å². The molecule has 0 aliphatic carbocycles. The number of amides is 1. The van der Waals surface area contributed by atoms with E-state index in [-0.39, 0.29) is 30.2 Å². The minimum atomic E-state index is -4.58. The van der Waals surface area contributed by atoms with Gasteiger partial charge in [-0.3, -0.25) is 24.0 Å². The van der Waals surface area contributed by atoms with Crippen molar-refractivity contribution in [2.24, 2.45) is 0 Å². The summed E-state index contributed by atoms with van der Waals surface area (Å²) in [5.41, 5.74) is 4.16. The minimum absolute atomic E-state index is 0.0195. The monoisotopic (exact) mass is 498 g/mol. The lowest BCUT2D eigenvalue weighted by molar-refractivity contribution is -0.137. The molecule has 0 radical (unpaired) electrons. The number of furan rings is 1. The van der Waals surface area contributed by atoms with E-state index in [2.05, 4.69) is 4.98 Å². The topological polar surface area (TPSA) is 114 Å². The summed E-state index contributed by atoms with van der Waals surface area (Å²) in [5, 5.41) is 0. The van der Waals surface area contributed by atoms with Crippen LogP contribution in [0.5, 0.6) is 0 Å². The fourth-order valence-corrected chi connectivity index (χ4v) is 3.74. The summed E-state index contributed by atoms with van der Waals surface area (Å²) >= 11 is 0. The molecule has 2 aromatic heterocycles. The second-order valence-electron chi connectivity index (χ2n) is 8.00. The summed E-state index contributed by atoms with van der Waals surface area (Å²) in [5.74, 6) is -0.684. The molecule has 11 heteroatoms. The van der Waals surface area contributed by atoms with Crippen molar-refractivity contribution in [3.05, 3.63) is 116 Å². The summed E-state index contributed by atoms with van der Waals surface area (Å²) in [6.45, 7) is -0.215. The molecule has 0 spiro atoms. The molecule has 0 bridgehead atoms. The van der Waals surface area contributed by atoms with E-state index in [9.17, 15) is 27.6 Å². The Morgan fingerprint density at radius 1 is 1.00 bits per heavy atom. The first kappa shape index (κ1) is 24.6. The van der Waals surface area contributed by atoms with Gasteiger partial charge in [0.25, 0.3) is 5.56 Å². The first-order chi connectivity index (χ1) is 17.1. The van der Waals surface area contributed by atoms with Crippen LogP contribution in [0, 0.1) is 0 Å². The van der Waals surface area contributed by atoms with Gasteiger partial charge < -0.3 is 10.2 Å². The number of hydrogen-bond donors (Lipinski definition) is 2. The number of nitrogens with zero attached hydrogens (tertiary/aromatic N) is 2. The molecule has 0 fully saturated rings. The second-order valence-corrected chi connectivity index (χ2v) is 8.00. The Morgan fingerprint density at radius 3 is 2.39 bits per heavy atom. The zero-order valence-corrected chi connectivity index (χ0v) is 18.8. The maximum Gasteiger partial charge on any atom is 0.416 e. The molecule has 0 saturated heterocycles. The van der Waals surface area contributed by atoms with E-state index in [1.807, 2.05) is 0 Å². The molecule has 4 aromatic rings. The van der Waals surface area contributed by atoms with Gasteiger partial charge in [-0.2, -0.15) is 13.2 Å². The van der Waals surface area contributed by atoms with E-state index in [4.69, 9.17) is 10.2 Å². The van der Waals surface area contributed by atoms with Crippen LogP contribution in [0.15, 0.2) is 87.0 Å². The number of hydrogen-bond acceptors (Lipinski definition) is 5. The van der Waals surface area contributed by atoms with Crippen LogP contribution in [0.4, 0.5) is 24.7 Å². The van der Waals surface area contributed by atoms with E-state index in [1.165, 1.54) is 18.4 Å². The first-order valence-electron chi connectivity index (χ1n) is 10.8. The Bertz CT molecular complexity index is 1480. The summed E-state index contributed by atoms with van der Waals surface area (Å²) in [7, 11) is 0. The number of nitrogens with two attached hydrogens (primary N) is 1. The number of carbonyl (C=O) groups excluding carboxylic acids is 1. The average molecular weight is 498 g/mol. The predicted octanol–water partition coefficient (Wildman–Crippen LogP) is 3.55.